The summed E-state index contributed by atoms with van der Waals surface area (Å²) < 4.78 is 31.3. The summed E-state index contributed by atoms with van der Waals surface area (Å²) in [6.45, 7) is 0.925. The van der Waals surface area contributed by atoms with E-state index in [4.69, 9.17) is 4.74 Å². The van der Waals surface area contributed by atoms with Gasteiger partial charge >= 0.3 is 0 Å². The van der Waals surface area contributed by atoms with Crippen LogP contribution in [-0.4, -0.2) is 36.7 Å². The van der Waals surface area contributed by atoms with Gasteiger partial charge in [-0.3, -0.25) is 19.3 Å². The van der Waals surface area contributed by atoms with Gasteiger partial charge in [-0.25, -0.2) is 8.42 Å². The third-order valence-corrected chi connectivity index (χ3v) is 5.49. The highest BCUT2D eigenvalue weighted by Gasteiger charge is 2.08. The fourth-order valence-electron chi connectivity index (χ4n) is 3.30. The van der Waals surface area contributed by atoms with Crippen LogP contribution in [0.1, 0.15) is 24.8 Å². The molecule has 174 valence electrons. The van der Waals surface area contributed by atoms with Crippen molar-refractivity contribution in [2.24, 2.45) is 0 Å². The predicted octanol–water partition coefficient (Wildman–Crippen LogP) is 2.78. The molecule has 0 atom stereocenters. The Morgan fingerprint density at radius 3 is 2.55 bits per heavy atom. The number of amides is 1. The molecule has 0 saturated carbocycles. The molecule has 9 heteroatoms. The summed E-state index contributed by atoms with van der Waals surface area (Å²) in [6, 6.07) is 14.9. The first-order chi connectivity index (χ1) is 15.8. The number of benzene rings is 1. The quantitative estimate of drug-likeness (QED) is 0.433. The number of hydrogen-bond acceptors (Lipinski definition) is 6. The van der Waals surface area contributed by atoms with E-state index in [0.29, 0.717) is 19.6 Å². The molecule has 0 radical (unpaired) electrons. The van der Waals surface area contributed by atoms with Crippen LogP contribution in [0.2, 0.25) is 0 Å². The fraction of sp³-hybridized carbons (Fsp3) is 0.292. The van der Waals surface area contributed by atoms with Crippen LogP contribution in [0.4, 0.5) is 0 Å². The Kier molecular flexibility index (Phi) is 8.37. The Hall–Kier alpha value is -3.46. The largest absolute Gasteiger partial charge is 0.494 e. The third kappa shape index (κ3) is 8.19. The van der Waals surface area contributed by atoms with Crippen molar-refractivity contribution in [3.8, 4) is 16.9 Å². The van der Waals surface area contributed by atoms with E-state index in [1.807, 2.05) is 53.4 Å². The van der Waals surface area contributed by atoms with Crippen LogP contribution >= 0.6 is 0 Å². The number of nitrogens with zero attached hydrogens (tertiary/aromatic N) is 2. The maximum absolute atomic E-state index is 12.4. The molecule has 3 aromatic rings. The predicted molar refractivity (Wildman–Crippen MR) is 126 cm³/mol. The molecule has 2 aromatic heterocycles. The monoisotopic (exact) mass is 469 g/mol. The summed E-state index contributed by atoms with van der Waals surface area (Å²) in [5.74, 6) is 0.187. The van der Waals surface area contributed by atoms with Gasteiger partial charge < -0.3 is 9.30 Å². The summed E-state index contributed by atoms with van der Waals surface area (Å²) in [5.41, 5.74) is 2.68. The molecule has 0 bridgehead atoms. The fourth-order valence-corrected chi connectivity index (χ4v) is 3.81. The summed E-state index contributed by atoms with van der Waals surface area (Å²) in [4.78, 5) is 28.1. The molecule has 2 heterocycles. The molecular weight excluding hydrogens is 442 g/mol. The molecule has 0 unspecified atom stereocenters. The van der Waals surface area contributed by atoms with Crippen molar-refractivity contribution in [1.29, 1.82) is 0 Å². The second-order valence-corrected chi connectivity index (χ2v) is 9.43. The van der Waals surface area contributed by atoms with Gasteiger partial charge in [-0.2, -0.15) is 0 Å². The first kappa shape index (κ1) is 24.2. The van der Waals surface area contributed by atoms with E-state index < -0.39 is 15.9 Å². The molecule has 0 fully saturated rings. The molecule has 0 aliphatic carbocycles. The van der Waals surface area contributed by atoms with Crippen LogP contribution in [0.5, 0.6) is 5.75 Å². The van der Waals surface area contributed by atoms with E-state index in [2.05, 4.69) is 4.98 Å². The van der Waals surface area contributed by atoms with Crippen LogP contribution in [-0.2, 0) is 27.8 Å². The molecule has 0 aliphatic rings. The normalized spacial score (nSPS) is 11.2. The highest BCUT2D eigenvalue weighted by atomic mass is 32.2. The molecule has 33 heavy (non-hydrogen) atoms. The Morgan fingerprint density at radius 2 is 1.88 bits per heavy atom. The standard InChI is InChI=1S/C24H27N3O5S/c1-33(30,31)26-23(28)7-3-14-27-15-12-21(17-24(27)29)20-8-10-22(11-9-20)32-16-4-6-19-5-2-13-25-18-19/h2,5,8-13,15,17-18H,3-4,6-7,14,16H2,1H3,(H,26,28). The number of carbonyl (C=O) groups excluding carboxylic acids is 1. The molecule has 1 amide bonds. The van der Waals surface area contributed by atoms with Gasteiger partial charge in [-0.15, -0.1) is 0 Å². The highest BCUT2D eigenvalue weighted by molar-refractivity contribution is 7.89. The molecular formula is C24H27N3O5S. The maximum Gasteiger partial charge on any atom is 0.251 e. The first-order valence-corrected chi connectivity index (χ1v) is 12.5. The number of hydrogen-bond donors (Lipinski definition) is 1. The topological polar surface area (TPSA) is 107 Å². The summed E-state index contributed by atoms with van der Waals surface area (Å²) in [7, 11) is -3.56. The zero-order valence-electron chi connectivity index (χ0n) is 18.4. The van der Waals surface area contributed by atoms with E-state index in [9.17, 15) is 18.0 Å². The zero-order chi connectivity index (χ0) is 23.7. The van der Waals surface area contributed by atoms with Gasteiger partial charge in [0.05, 0.1) is 12.9 Å². The molecule has 0 saturated heterocycles. The molecule has 8 nitrogen and oxygen atoms in total. The number of carbonyl (C=O) groups is 1. The van der Waals surface area contributed by atoms with Crippen molar-refractivity contribution >= 4 is 15.9 Å². The molecule has 0 aliphatic heterocycles. The van der Waals surface area contributed by atoms with Crippen molar-refractivity contribution in [1.82, 2.24) is 14.3 Å². The molecule has 1 aromatic carbocycles. The number of aryl methyl sites for hydroxylation is 2. The molecule has 1 N–H and O–H groups in total. The smallest absolute Gasteiger partial charge is 0.251 e. The summed E-state index contributed by atoms with van der Waals surface area (Å²) in [6.07, 6.45) is 8.39. The lowest BCUT2D eigenvalue weighted by molar-refractivity contribution is -0.119. The Labute approximate surface area is 193 Å². The van der Waals surface area contributed by atoms with Gasteiger partial charge in [-0.1, -0.05) is 18.2 Å². The number of pyridine rings is 2. The minimum absolute atomic E-state index is 0.0188. The summed E-state index contributed by atoms with van der Waals surface area (Å²) >= 11 is 0. The van der Waals surface area contributed by atoms with Crippen molar-refractivity contribution < 1.29 is 17.9 Å². The Morgan fingerprint density at radius 1 is 1.09 bits per heavy atom. The Balaban J connectivity index is 1.48. The van der Waals surface area contributed by atoms with Crippen LogP contribution < -0.4 is 15.0 Å². The van der Waals surface area contributed by atoms with E-state index in [-0.39, 0.29) is 12.0 Å². The van der Waals surface area contributed by atoms with Crippen molar-refractivity contribution in [3.63, 3.8) is 0 Å². The number of sulfonamides is 1. The average molecular weight is 470 g/mol. The average Bonchev–Trinajstić information content (AvgIpc) is 2.78. The van der Waals surface area contributed by atoms with Gasteiger partial charge in [0.15, 0.2) is 0 Å². The van der Waals surface area contributed by atoms with Crippen LogP contribution in [0.3, 0.4) is 0 Å². The molecule has 0 spiro atoms. The lowest BCUT2D eigenvalue weighted by atomic mass is 10.1. The highest BCUT2D eigenvalue weighted by Crippen LogP contribution is 2.21. The SMILES string of the molecule is CS(=O)(=O)NC(=O)CCCn1ccc(-c2ccc(OCCCc3cccnc3)cc2)cc1=O. The number of rotatable bonds is 11. The van der Waals surface area contributed by atoms with Crippen molar-refractivity contribution in [2.45, 2.75) is 32.2 Å². The second kappa shape index (κ2) is 11.4. The van der Waals surface area contributed by atoms with Gasteiger partial charge in [-0.05, 0) is 60.2 Å². The van der Waals surface area contributed by atoms with Crippen LogP contribution in [0.25, 0.3) is 11.1 Å². The number of nitrogens with one attached hydrogen (secondary N) is 1. The zero-order valence-corrected chi connectivity index (χ0v) is 19.3. The lowest BCUT2D eigenvalue weighted by Gasteiger charge is -2.09. The van der Waals surface area contributed by atoms with E-state index in [1.165, 1.54) is 10.1 Å². The minimum Gasteiger partial charge on any atom is -0.494 e. The van der Waals surface area contributed by atoms with Crippen LogP contribution in [0.15, 0.2) is 71.9 Å². The van der Waals surface area contributed by atoms with E-state index in [0.717, 1.165) is 36.0 Å². The van der Waals surface area contributed by atoms with Gasteiger partial charge in [0, 0.05) is 37.6 Å². The van der Waals surface area contributed by atoms with Gasteiger partial charge in [0.1, 0.15) is 5.75 Å². The third-order valence-electron chi connectivity index (χ3n) is 4.89. The second-order valence-electron chi connectivity index (χ2n) is 7.69. The number of aromatic nitrogens is 2. The Bertz CT molecular complexity index is 1220. The number of ether oxygens (including phenoxy) is 1. The van der Waals surface area contributed by atoms with E-state index >= 15 is 0 Å². The van der Waals surface area contributed by atoms with Gasteiger partial charge in [0.25, 0.3) is 5.56 Å². The minimum atomic E-state index is -3.56. The van der Waals surface area contributed by atoms with Crippen molar-refractivity contribution in [3.05, 3.63) is 83.0 Å². The first-order valence-electron chi connectivity index (χ1n) is 10.6. The molecule has 3 rings (SSSR count). The van der Waals surface area contributed by atoms with Gasteiger partial charge in [0.2, 0.25) is 15.9 Å². The maximum atomic E-state index is 12.4. The van der Waals surface area contributed by atoms with Crippen molar-refractivity contribution in [2.75, 3.05) is 12.9 Å². The van der Waals surface area contributed by atoms with E-state index in [1.54, 1.807) is 18.5 Å². The van der Waals surface area contributed by atoms with Crippen LogP contribution in [0, 0.1) is 0 Å². The summed E-state index contributed by atoms with van der Waals surface area (Å²) in [5, 5.41) is 0. The lowest BCUT2D eigenvalue weighted by Crippen LogP contribution is -2.29.